The molecule has 0 spiro atoms. The van der Waals surface area contributed by atoms with Gasteiger partial charge in [-0.15, -0.1) is 0 Å². The third-order valence-electron chi connectivity index (χ3n) is 3.80. The number of rotatable bonds is 5. The molecule has 1 aliphatic rings. The summed E-state index contributed by atoms with van der Waals surface area (Å²) >= 11 is 5.83. The summed E-state index contributed by atoms with van der Waals surface area (Å²) in [4.78, 5) is 25.8. The van der Waals surface area contributed by atoms with Crippen LogP contribution in [0.5, 0.6) is 0 Å². The van der Waals surface area contributed by atoms with E-state index in [-0.39, 0.29) is 30.0 Å². The number of benzene rings is 1. The number of nitrogens with zero attached hydrogens (tertiary/aromatic N) is 1. The van der Waals surface area contributed by atoms with E-state index in [9.17, 15) is 18.0 Å². The van der Waals surface area contributed by atoms with E-state index in [1.807, 2.05) is 0 Å². The minimum Gasteiger partial charge on any atom is -0.343 e. The molecule has 2 rings (SSSR count). The lowest BCUT2D eigenvalue weighted by Gasteiger charge is -2.27. The Morgan fingerprint density at radius 1 is 1.39 bits per heavy atom. The summed E-state index contributed by atoms with van der Waals surface area (Å²) in [6, 6.07) is 6.12. The highest BCUT2D eigenvalue weighted by Gasteiger charge is 2.33. The summed E-state index contributed by atoms with van der Waals surface area (Å²) in [5.41, 5.74) is 0.372. The average Bonchev–Trinajstić information content (AvgIpc) is 2.85. The van der Waals surface area contributed by atoms with Crippen molar-refractivity contribution in [1.82, 2.24) is 10.2 Å². The molecular weight excluding hydrogens is 340 g/mol. The van der Waals surface area contributed by atoms with Gasteiger partial charge in [0, 0.05) is 23.2 Å². The van der Waals surface area contributed by atoms with Crippen LogP contribution in [0, 0.1) is 0 Å². The van der Waals surface area contributed by atoms with Crippen molar-refractivity contribution in [2.45, 2.75) is 19.4 Å². The van der Waals surface area contributed by atoms with Crippen molar-refractivity contribution < 1.29 is 18.0 Å². The Labute approximate surface area is 140 Å². The molecule has 0 aromatic heterocycles. The molecule has 1 saturated heterocycles. The van der Waals surface area contributed by atoms with Crippen molar-refractivity contribution in [2.24, 2.45) is 0 Å². The standard InChI is InChI=1S/C15H19ClN2O4S/c1-2-18(13-6-7-23(21,22)10-13)14(19)9-17-15(20)11-4-3-5-12(16)8-11/h3-5,8,13H,2,6-7,9-10H2,1H3,(H,17,20). The van der Waals surface area contributed by atoms with Crippen LogP contribution in [0.1, 0.15) is 23.7 Å². The first kappa shape index (κ1) is 17.7. The number of nitrogens with one attached hydrogen (secondary N) is 1. The minimum absolute atomic E-state index is 0.00514. The van der Waals surface area contributed by atoms with Crippen LogP contribution in [-0.4, -0.2) is 55.8 Å². The molecule has 1 unspecified atom stereocenters. The van der Waals surface area contributed by atoms with E-state index in [2.05, 4.69) is 5.32 Å². The van der Waals surface area contributed by atoms with Crippen molar-refractivity contribution in [1.29, 1.82) is 0 Å². The lowest BCUT2D eigenvalue weighted by molar-refractivity contribution is -0.131. The minimum atomic E-state index is -3.06. The van der Waals surface area contributed by atoms with E-state index in [1.54, 1.807) is 25.1 Å². The van der Waals surface area contributed by atoms with Crippen molar-refractivity contribution >= 4 is 33.3 Å². The Bertz CT molecular complexity index is 705. The van der Waals surface area contributed by atoms with E-state index in [0.29, 0.717) is 23.6 Å². The predicted octanol–water partition coefficient (Wildman–Crippen LogP) is 1.11. The second-order valence-corrected chi connectivity index (χ2v) is 8.09. The van der Waals surface area contributed by atoms with Crippen LogP contribution in [0.2, 0.25) is 5.02 Å². The number of carbonyl (C=O) groups is 2. The van der Waals surface area contributed by atoms with Gasteiger partial charge in [-0.2, -0.15) is 0 Å². The third kappa shape index (κ3) is 4.68. The second-order valence-electron chi connectivity index (χ2n) is 5.43. The third-order valence-corrected chi connectivity index (χ3v) is 5.78. The lowest BCUT2D eigenvalue weighted by Crippen LogP contribution is -2.46. The molecule has 0 saturated carbocycles. The molecule has 1 atom stereocenters. The van der Waals surface area contributed by atoms with Gasteiger partial charge in [0.15, 0.2) is 9.84 Å². The van der Waals surface area contributed by atoms with Gasteiger partial charge in [-0.25, -0.2) is 8.42 Å². The van der Waals surface area contributed by atoms with E-state index in [1.165, 1.54) is 11.0 Å². The molecule has 1 aromatic carbocycles. The van der Waals surface area contributed by atoms with Gasteiger partial charge < -0.3 is 10.2 Å². The summed E-state index contributed by atoms with van der Waals surface area (Å²) in [5.74, 6) is -0.577. The zero-order valence-electron chi connectivity index (χ0n) is 12.8. The quantitative estimate of drug-likeness (QED) is 0.854. The number of sulfone groups is 1. The highest BCUT2D eigenvalue weighted by Crippen LogP contribution is 2.17. The van der Waals surface area contributed by atoms with Crippen LogP contribution < -0.4 is 5.32 Å². The van der Waals surface area contributed by atoms with Crippen LogP contribution in [0.4, 0.5) is 0 Å². The molecule has 1 heterocycles. The van der Waals surface area contributed by atoms with Crippen LogP contribution in [0.3, 0.4) is 0 Å². The number of carbonyl (C=O) groups excluding carboxylic acids is 2. The summed E-state index contributed by atoms with van der Waals surface area (Å²) in [6.07, 6.45) is 0.449. The normalized spacial score (nSPS) is 19.3. The fourth-order valence-electron chi connectivity index (χ4n) is 2.65. The molecule has 23 heavy (non-hydrogen) atoms. The van der Waals surface area contributed by atoms with Crippen molar-refractivity contribution in [2.75, 3.05) is 24.6 Å². The van der Waals surface area contributed by atoms with Gasteiger partial charge in [-0.05, 0) is 31.5 Å². The summed E-state index contributed by atoms with van der Waals surface area (Å²) in [7, 11) is -3.06. The SMILES string of the molecule is CCN(C(=O)CNC(=O)c1cccc(Cl)c1)C1CCS(=O)(=O)C1. The maximum absolute atomic E-state index is 12.3. The topological polar surface area (TPSA) is 83.6 Å². The first-order valence-corrected chi connectivity index (χ1v) is 9.56. The van der Waals surface area contributed by atoms with Gasteiger partial charge in [-0.3, -0.25) is 9.59 Å². The molecule has 1 aliphatic heterocycles. The van der Waals surface area contributed by atoms with Crippen molar-refractivity contribution in [3.63, 3.8) is 0 Å². The first-order valence-electron chi connectivity index (χ1n) is 7.36. The molecule has 0 bridgehead atoms. The highest BCUT2D eigenvalue weighted by molar-refractivity contribution is 7.91. The zero-order valence-corrected chi connectivity index (χ0v) is 14.4. The molecule has 8 heteroatoms. The molecular formula is C15H19ClN2O4S. The van der Waals surface area contributed by atoms with Crippen LogP contribution in [-0.2, 0) is 14.6 Å². The summed E-state index contributed by atoms with van der Waals surface area (Å²) in [6.45, 7) is 2.03. The van der Waals surface area contributed by atoms with Crippen LogP contribution >= 0.6 is 11.6 Å². The molecule has 6 nitrogen and oxygen atoms in total. The number of amides is 2. The number of halogens is 1. The second kappa shape index (κ2) is 7.31. The molecule has 1 fully saturated rings. The Hall–Kier alpha value is -1.60. The summed E-state index contributed by atoms with van der Waals surface area (Å²) < 4.78 is 23.1. The molecule has 0 radical (unpaired) electrons. The van der Waals surface area contributed by atoms with Gasteiger partial charge in [0.05, 0.1) is 18.1 Å². The van der Waals surface area contributed by atoms with Gasteiger partial charge >= 0.3 is 0 Å². The Kier molecular flexibility index (Phi) is 5.64. The highest BCUT2D eigenvalue weighted by atomic mass is 35.5. The lowest BCUT2D eigenvalue weighted by atomic mass is 10.2. The smallest absolute Gasteiger partial charge is 0.251 e. The van der Waals surface area contributed by atoms with Crippen molar-refractivity contribution in [3.05, 3.63) is 34.9 Å². The van der Waals surface area contributed by atoms with Gasteiger partial charge in [0.1, 0.15) is 0 Å². The molecule has 2 amide bonds. The fourth-order valence-corrected chi connectivity index (χ4v) is 4.57. The fraction of sp³-hybridized carbons (Fsp3) is 0.467. The number of likely N-dealkylation sites (N-methyl/N-ethyl adjacent to an activating group) is 1. The van der Waals surface area contributed by atoms with Crippen LogP contribution in [0.25, 0.3) is 0 Å². The van der Waals surface area contributed by atoms with E-state index >= 15 is 0 Å². The maximum atomic E-state index is 12.3. The van der Waals surface area contributed by atoms with Gasteiger partial charge in [0.2, 0.25) is 5.91 Å². The number of hydrogen-bond donors (Lipinski definition) is 1. The van der Waals surface area contributed by atoms with E-state index in [0.717, 1.165) is 0 Å². The number of hydrogen-bond acceptors (Lipinski definition) is 4. The molecule has 126 valence electrons. The van der Waals surface area contributed by atoms with Gasteiger partial charge in [-0.1, -0.05) is 17.7 Å². The zero-order chi connectivity index (χ0) is 17.0. The van der Waals surface area contributed by atoms with Gasteiger partial charge in [0.25, 0.3) is 5.91 Å². The molecule has 0 aliphatic carbocycles. The largest absolute Gasteiger partial charge is 0.343 e. The Morgan fingerprint density at radius 2 is 2.13 bits per heavy atom. The van der Waals surface area contributed by atoms with E-state index < -0.39 is 15.7 Å². The molecule has 1 aromatic rings. The van der Waals surface area contributed by atoms with Crippen molar-refractivity contribution in [3.8, 4) is 0 Å². The predicted molar refractivity (Wildman–Crippen MR) is 88.2 cm³/mol. The first-order chi connectivity index (χ1) is 10.8. The molecule has 1 N–H and O–H groups in total. The summed E-state index contributed by atoms with van der Waals surface area (Å²) in [5, 5.41) is 2.99. The Balaban J connectivity index is 1.94. The van der Waals surface area contributed by atoms with Crippen LogP contribution in [0.15, 0.2) is 24.3 Å². The average molecular weight is 359 g/mol. The Morgan fingerprint density at radius 3 is 2.70 bits per heavy atom. The maximum Gasteiger partial charge on any atom is 0.251 e. The van der Waals surface area contributed by atoms with E-state index in [4.69, 9.17) is 11.6 Å². The monoisotopic (exact) mass is 358 g/mol.